The fourth-order valence-corrected chi connectivity index (χ4v) is 3.17. The van der Waals surface area contributed by atoms with Gasteiger partial charge in [0, 0.05) is 0 Å². The van der Waals surface area contributed by atoms with Gasteiger partial charge in [-0.15, -0.1) is 13.2 Å². The number of para-hydroxylation sites is 1. The zero-order valence-electron chi connectivity index (χ0n) is 10.4. The first-order valence-electron chi connectivity index (χ1n) is 5.66. The van der Waals surface area contributed by atoms with Crippen LogP contribution in [0.2, 0.25) is 0 Å². The van der Waals surface area contributed by atoms with Crippen molar-refractivity contribution in [2.75, 3.05) is 4.31 Å². The summed E-state index contributed by atoms with van der Waals surface area (Å²) in [4.78, 5) is -1.04. The van der Waals surface area contributed by atoms with Crippen molar-refractivity contribution in [3.8, 4) is 0 Å². The third kappa shape index (κ3) is 2.99. The quantitative estimate of drug-likeness (QED) is 0.641. The topological polar surface area (TPSA) is 37.4 Å². The Kier molecular flexibility index (Phi) is 3.91. The Morgan fingerprint density at radius 3 is 1.90 bits per heavy atom. The number of halogens is 4. The zero-order valence-corrected chi connectivity index (χ0v) is 11.2. The number of anilines is 1. The van der Waals surface area contributed by atoms with Gasteiger partial charge in [-0.3, -0.25) is 0 Å². The molecule has 0 saturated carbocycles. The van der Waals surface area contributed by atoms with Crippen LogP contribution in [0, 0.1) is 5.82 Å². The molecule has 0 fully saturated rings. The summed E-state index contributed by atoms with van der Waals surface area (Å²) in [5.74, 6) is -1.25. The maximum Gasteiger partial charge on any atom is 0.498 e. The second kappa shape index (κ2) is 5.36. The molecule has 0 aliphatic carbocycles. The van der Waals surface area contributed by atoms with Crippen LogP contribution in [0.5, 0.6) is 0 Å². The van der Waals surface area contributed by atoms with E-state index in [2.05, 4.69) is 0 Å². The number of benzene rings is 2. The van der Waals surface area contributed by atoms with Gasteiger partial charge in [-0.05, 0) is 24.3 Å². The van der Waals surface area contributed by atoms with E-state index in [1.165, 1.54) is 24.3 Å². The van der Waals surface area contributed by atoms with Crippen LogP contribution in [0.1, 0.15) is 0 Å². The summed E-state index contributed by atoms with van der Waals surface area (Å²) in [6.07, 6.45) is -5.22. The number of sulfonamides is 1. The van der Waals surface area contributed by atoms with Crippen LogP contribution in [0.3, 0.4) is 0 Å². The standard InChI is InChI=1S/C13H9F4NO2S/c14-11-8-4-5-9-12(11)21(19,20)18(13(15,16)17)10-6-2-1-3-7-10/h1-9H. The Morgan fingerprint density at radius 2 is 1.38 bits per heavy atom. The van der Waals surface area contributed by atoms with Crippen molar-refractivity contribution in [2.24, 2.45) is 0 Å². The van der Waals surface area contributed by atoms with E-state index in [0.29, 0.717) is 0 Å². The van der Waals surface area contributed by atoms with Crippen LogP contribution in [0.25, 0.3) is 0 Å². The van der Waals surface area contributed by atoms with E-state index in [0.717, 1.165) is 30.3 Å². The molecule has 0 N–H and O–H groups in total. The smallest absolute Gasteiger partial charge is 0.205 e. The molecule has 2 aromatic carbocycles. The van der Waals surface area contributed by atoms with Crippen molar-refractivity contribution in [3.05, 3.63) is 60.4 Å². The van der Waals surface area contributed by atoms with Crippen molar-refractivity contribution < 1.29 is 26.0 Å². The summed E-state index contributed by atoms with van der Waals surface area (Å²) in [5, 5.41) is 0. The van der Waals surface area contributed by atoms with Gasteiger partial charge in [-0.1, -0.05) is 30.3 Å². The molecule has 0 amide bonds. The SMILES string of the molecule is O=S(=O)(c1ccccc1F)N(c1ccccc1)C(F)(F)F. The first-order valence-corrected chi connectivity index (χ1v) is 7.10. The molecule has 0 bridgehead atoms. The lowest BCUT2D eigenvalue weighted by Crippen LogP contribution is -2.43. The van der Waals surface area contributed by atoms with Crippen LogP contribution >= 0.6 is 0 Å². The van der Waals surface area contributed by atoms with Crippen molar-refractivity contribution in [1.29, 1.82) is 0 Å². The molecule has 3 nitrogen and oxygen atoms in total. The predicted molar refractivity (Wildman–Crippen MR) is 68.6 cm³/mol. The Balaban J connectivity index is 2.65. The number of hydrogen-bond donors (Lipinski definition) is 0. The average Bonchev–Trinajstić information content (AvgIpc) is 2.38. The van der Waals surface area contributed by atoms with Crippen molar-refractivity contribution >= 4 is 15.7 Å². The van der Waals surface area contributed by atoms with E-state index in [4.69, 9.17) is 0 Å². The van der Waals surface area contributed by atoms with E-state index in [9.17, 15) is 26.0 Å². The summed E-state index contributed by atoms with van der Waals surface area (Å²) in [6, 6.07) is 9.81. The van der Waals surface area contributed by atoms with Gasteiger partial charge in [0.05, 0.1) is 5.69 Å². The van der Waals surface area contributed by atoms with Gasteiger partial charge in [0.1, 0.15) is 10.7 Å². The normalized spacial score (nSPS) is 12.2. The molecule has 2 rings (SSSR count). The van der Waals surface area contributed by atoms with Crippen LogP contribution in [-0.4, -0.2) is 14.7 Å². The fraction of sp³-hybridized carbons (Fsp3) is 0.0769. The molecular weight excluding hydrogens is 310 g/mol. The molecule has 0 aromatic heterocycles. The fourth-order valence-electron chi connectivity index (χ4n) is 1.74. The molecule has 0 aliphatic rings. The highest BCUT2D eigenvalue weighted by Gasteiger charge is 2.47. The highest BCUT2D eigenvalue weighted by Crippen LogP contribution is 2.35. The Bertz CT molecular complexity index is 729. The van der Waals surface area contributed by atoms with E-state index in [1.807, 2.05) is 0 Å². The number of hydrogen-bond acceptors (Lipinski definition) is 2. The minimum Gasteiger partial charge on any atom is -0.205 e. The number of alkyl halides is 3. The minimum absolute atomic E-state index is 0.617. The number of rotatable bonds is 3. The molecule has 112 valence electrons. The molecule has 0 radical (unpaired) electrons. The van der Waals surface area contributed by atoms with E-state index in [-0.39, 0.29) is 0 Å². The van der Waals surface area contributed by atoms with Gasteiger partial charge in [0.2, 0.25) is 0 Å². The first kappa shape index (κ1) is 15.3. The van der Waals surface area contributed by atoms with E-state index < -0.39 is 37.0 Å². The molecule has 0 saturated heterocycles. The van der Waals surface area contributed by atoms with Gasteiger partial charge in [0.15, 0.2) is 0 Å². The summed E-state index contributed by atoms with van der Waals surface area (Å²) in [6.45, 7) is 0. The molecule has 2 aromatic rings. The Morgan fingerprint density at radius 1 is 0.857 bits per heavy atom. The van der Waals surface area contributed by atoms with Gasteiger partial charge >= 0.3 is 6.30 Å². The summed E-state index contributed by atoms with van der Waals surface area (Å²) in [5.41, 5.74) is -0.617. The predicted octanol–water partition coefficient (Wildman–Crippen LogP) is 3.54. The highest BCUT2D eigenvalue weighted by atomic mass is 32.2. The Labute approximate surface area is 118 Å². The van der Waals surface area contributed by atoms with Gasteiger partial charge < -0.3 is 0 Å². The lowest BCUT2D eigenvalue weighted by molar-refractivity contribution is -0.115. The van der Waals surface area contributed by atoms with Gasteiger partial charge in [0.25, 0.3) is 10.0 Å². The summed E-state index contributed by atoms with van der Waals surface area (Å²) in [7, 11) is -5.11. The largest absolute Gasteiger partial charge is 0.498 e. The number of nitrogens with zero attached hydrogens (tertiary/aromatic N) is 1. The highest BCUT2D eigenvalue weighted by molar-refractivity contribution is 7.92. The lowest BCUT2D eigenvalue weighted by Gasteiger charge is -2.26. The third-order valence-electron chi connectivity index (χ3n) is 2.58. The average molecular weight is 319 g/mol. The maximum absolute atomic E-state index is 13.6. The van der Waals surface area contributed by atoms with Crippen molar-refractivity contribution in [3.63, 3.8) is 0 Å². The van der Waals surface area contributed by atoms with Crippen molar-refractivity contribution in [1.82, 2.24) is 0 Å². The lowest BCUT2D eigenvalue weighted by atomic mass is 10.3. The van der Waals surface area contributed by atoms with Crippen LogP contribution in [0.15, 0.2) is 59.5 Å². The van der Waals surface area contributed by atoms with Gasteiger partial charge in [-0.2, -0.15) is 4.31 Å². The molecule has 0 atom stereocenters. The molecule has 21 heavy (non-hydrogen) atoms. The minimum atomic E-state index is -5.22. The maximum atomic E-state index is 13.6. The van der Waals surface area contributed by atoms with E-state index >= 15 is 0 Å². The molecule has 0 aliphatic heterocycles. The molecule has 0 heterocycles. The van der Waals surface area contributed by atoms with Crippen LogP contribution < -0.4 is 4.31 Å². The third-order valence-corrected chi connectivity index (χ3v) is 4.36. The summed E-state index contributed by atoms with van der Waals surface area (Å²) >= 11 is 0. The second-order valence-corrected chi connectivity index (χ2v) is 5.76. The Hall–Kier alpha value is -2.09. The van der Waals surface area contributed by atoms with Crippen LogP contribution in [-0.2, 0) is 10.0 Å². The molecule has 0 spiro atoms. The monoisotopic (exact) mass is 319 g/mol. The van der Waals surface area contributed by atoms with Gasteiger partial charge in [-0.25, -0.2) is 12.8 Å². The molecule has 0 unspecified atom stereocenters. The molecular formula is C13H9F4NO2S. The van der Waals surface area contributed by atoms with Crippen molar-refractivity contribution in [2.45, 2.75) is 11.2 Å². The summed E-state index contributed by atoms with van der Waals surface area (Å²) < 4.78 is 76.6. The van der Waals surface area contributed by atoms with E-state index in [1.54, 1.807) is 0 Å². The first-order chi connectivity index (χ1) is 9.74. The second-order valence-electron chi connectivity index (χ2n) is 4.00. The molecule has 8 heteroatoms. The van der Waals surface area contributed by atoms with Crippen LogP contribution in [0.4, 0.5) is 23.2 Å². The zero-order chi connectivity index (χ0) is 15.7.